The van der Waals surface area contributed by atoms with E-state index in [1.807, 2.05) is 31.2 Å². The van der Waals surface area contributed by atoms with E-state index in [-0.39, 0.29) is 0 Å². The Balaban J connectivity index is 2.27. The number of anilines is 3. The van der Waals surface area contributed by atoms with Gasteiger partial charge in [0, 0.05) is 33.7 Å². The van der Waals surface area contributed by atoms with Crippen LogP contribution in [0.3, 0.4) is 0 Å². The molecule has 0 radical (unpaired) electrons. The number of rotatable bonds is 4. The molecular weight excluding hydrogens is 304 g/mol. The van der Waals surface area contributed by atoms with Crippen molar-refractivity contribution in [3.8, 4) is 5.75 Å². The molecule has 0 saturated carbocycles. The molecule has 0 bridgehead atoms. The van der Waals surface area contributed by atoms with E-state index in [9.17, 15) is 0 Å². The maximum atomic E-state index is 5.87. The topological polar surface area (TPSA) is 47.3 Å². The van der Waals surface area contributed by atoms with Crippen LogP contribution in [0.25, 0.3) is 0 Å². The second kappa shape index (κ2) is 5.97. The first kappa shape index (κ1) is 13.7. The molecule has 0 aliphatic heterocycles. The lowest BCUT2D eigenvalue weighted by atomic mass is 10.2. The molecule has 0 unspecified atom stereocenters. The molecule has 0 heterocycles. The van der Waals surface area contributed by atoms with Crippen LogP contribution in [-0.4, -0.2) is 6.61 Å². The molecule has 2 rings (SSSR count). The Bertz CT molecular complexity index is 564. The molecule has 0 aliphatic rings. The fraction of sp³-hybridized carbons (Fsp3) is 0.200. The number of aryl methyl sites for hydroxylation is 1. The van der Waals surface area contributed by atoms with Crippen molar-refractivity contribution in [2.75, 3.05) is 17.7 Å². The van der Waals surface area contributed by atoms with Gasteiger partial charge in [-0.2, -0.15) is 0 Å². The second-order valence-corrected chi connectivity index (χ2v) is 5.28. The summed E-state index contributed by atoms with van der Waals surface area (Å²) >= 11 is 3.49. The van der Waals surface area contributed by atoms with Crippen molar-refractivity contribution in [1.29, 1.82) is 0 Å². The Morgan fingerprint density at radius 2 is 1.84 bits per heavy atom. The van der Waals surface area contributed by atoms with Crippen molar-refractivity contribution in [3.05, 3.63) is 46.4 Å². The highest BCUT2D eigenvalue weighted by Gasteiger charge is 2.02. The summed E-state index contributed by atoms with van der Waals surface area (Å²) < 4.78 is 6.53. The van der Waals surface area contributed by atoms with Gasteiger partial charge in [-0.25, -0.2) is 0 Å². The van der Waals surface area contributed by atoms with Crippen molar-refractivity contribution < 1.29 is 4.74 Å². The number of nitrogens with one attached hydrogen (secondary N) is 1. The summed E-state index contributed by atoms with van der Waals surface area (Å²) in [7, 11) is 0. The van der Waals surface area contributed by atoms with Crippen molar-refractivity contribution in [1.82, 2.24) is 0 Å². The van der Waals surface area contributed by atoms with E-state index in [4.69, 9.17) is 10.5 Å². The van der Waals surface area contributed by atoms with Gasteiger partial charge in [-0.05, 0) is 43.7 Å². The quantitative estimate of drug-likeness (QED) is 0.816. The first-order valence-electron chi connectivity index (χ1n) is 6.14. The number of hydrogen-bond acceptors (Lipinski definition) is 3. The Hall–Kier alpha value is -1.68. The molecule has 0 saturated heterocycles. The number of ether oxygens (including phenoxy) is 1. The average molecular weight is 321 g/mol. The minimum absolute atomic E-state index is 0.624. The van der Waals surface area contributed by atoms with E-state index in [2.05, 4.69) is 40.3 Å². The van der Waals surface area contributed by atoms with Gasteiger partial charge in [0.05, 0.1) is 6.61 Å². The van der Waals surface area contributed by atoms with Crippen LogP contribution in [0, 0.1) is 6.92 Å². The fourth-order valence-corrected chi connectivity index (χ4v) is 2.53. The van der Waals surface area contributed by atoms with Gasteiger partial charge in [-0.3, -0.25) is 0 Å². The minimum Gasteiger partial charge on any atom is -0.494 e. The lowest BCUT2D eigenvalue weighted by Crippen LogP contribution is -1.97. The van der Waals surface area contributed by atoms with Crippen LogP contribution in [0.1, 0.15) is 12.5 Å². The second-order valence-electron chi connectivity index (χ2n) is 4.37. The van der Waals surface area contributed by atoms with E-state index < -0.39 is 0 Å². The number of nitrogens with two attached hydrogens (primary N) is 1. The zero-order valence-electron chi connectivity index (χ0n) is 11.0. The van der Waals surface area contributed by atoms with Crippen molar-refractivity contribution >= 4 is 33.0 Å². The molecule has 0 aromatic heterocycles. The molecule has 0 fully saturated rings. The molecule has 3 nitrogen and oxygen atoms in total. The van der Waals surface area contributed by atoms with Gasteiger partial charge in [-0.1, -0.05) is 15.9 Å². The van der Waals surface area contributed by atoms with Gasteiger partial charge >= 0.3 is 0 Å². The van der Waals surface area contributed by atoms with Gasteiger partial charge < -0.3 is 15.8 Å². The van der Waals surface area contributed by atoms with Gasteiger partial charge in [0.1, 0.15) is 5.75 Å². The van der Waals surface area contributed by atoms with Crippen LogP contribution in [0.2, 0.25) is 0 Å². The van der Waals surface area contributed by atoms with Crippen LogP contribution < -0.4 is 15.8 Å². The molecule has 0 atom stereocenters. The Kier molecular flexibility index (Phi) is 4.32. The molecular formula is C15H17BrN2O. The Morgan fingerprint density at radius 1 is 1.11 bits per heavy atom. The lowest BCUT2D eigenvalue weighted by molar-refractivity contribution is 0.340. The van der Waals surface area contributed by atoms with Gasteiger partial charge in [0.25, 0.3) is 0 Å². The summed E-state index contributed by atoms with van der Waals surface area (Å²) in [6, 6.07) is 11.8. The highest BCUT2D eigenvalue weighted by atomic mass is 79.9. The van der Waals surface area contributed by atoms with Crippen LogP contribution >= 0.6 is 15.9 Å². The zero-order chi connectivity index (χ0) is 13.8. The predicted octanol–water partition coefficient (Wildman–Crippen LogP) is 4.48. The summed E-state index contributed by atoms with van der Waals surface area (Å²) in [4.78, 5) is 0. The van der Waals surface area contributed by atoms with E-state index in [0.717, 1.165) is 21.6 Å². The number of nitrogen functional groups attached to an aromatic ring is 1. The third-order valence-electron chi connectivity index (χ3n) is 2.57. The molecule has 4 heteroatoms. The molecule has 0 aliphatic carbocycles. The molecule has 2 aromatic carbocycles. The van der Waals surface area contributed by atoms with Crippen molar-refractivity contribution in [3.63, 3.8) is 0 Å². The standard InChI is InChI=1S/C15H17BrN2O/c1-3-19-15-8-12(17)7-14(9-15)18-13-5-10(2)4-11(16)6-13/h4-9,18H,3,17H2,1-2H3. The molecule has 0 amide bonds. The van der Waals surface area contributed by atoms with Crippen molar-refractivity contribution in [2.24, 2.45) is 0 Å². The van der Waals surface area contributed by atoms with E-state index in [0.29, 0.717) is 12.3 Å². The Labute approximate surface area is 121 Å². The van der Waals surface area contributed by atoms with E-state index in [1.54, 1.807) is 0 Å². The summed E-state index contributed by atoms with van der Waals surface area (Å²) in [5, 5.41) is 3.34. The zero-order valence-corrected chi connectivity index (χ0v) is 12.6. The summed E-state index contributed by atoms with van der Waals surface area (Å²) in [6.45, 7) is 4.63. The normalized spacial score (nSPS) is 10.3. The molecule has 2 aromatic rings. The fourth-order valence-electron chi connectivity index (χ4n) is 1.92. The third-order valence-corrected chi connectivity index (χ3v) is 3.03. The van der Waals surface area contributed by atoms with Crippen LogP contribution in [-0.2, 0) is 0 Å². The monoisotopic (exact) mass is 320 g/mol. The highest BCUT2D eigenvalue weighted by Crippen LogP contribution is 2.27. The summed E-state index contributed by atoms with van der Waals surface area (Å²) in [6.07, 6.45) is 0. The van der Waals surface area contributed by atoms with E-state index >= 15 is 0 Å². The highest BCUT2D eigenvalue weighted by molar-refractivity contribution is 9.10. The number of halogens is 1. The van der Waals surface area contributed by atoms with Gasteiger partial charge in [0.2, 0.25) is 0 Å². The van der Waals surface area contributed by atoms with Crippen LogP contribution in [0.4, 0.5) is 17.1 Å². The molecule has 100 valence electrons. The van der Waals surface area contributed by atoms with Gasteiger partial charge in [0.15, 0.2) is 0 Å². The predicted molar refractivity (Wildman–Crippen MR) is 84.2 cm³/mol. The Morgan fingerprint density at radius 3 is 2.53 bits per heavy atom. The maximum Gasteiger partial charge on any atom is 0.123 e. The molecule has 3 N–H and O–H groups in total. The summed E-state index contributed by atoms with van der Waals surface area (Å²) in [5.41, 5.74) is 9.67. The van der Waals surface area contributed by atoms with Crippen LogP contribution in [0.15, 0.2) is 40.9 Å². The lowest BCUT2D eigenvalue weighted by Gasteiger charge is -2.11. The van der Waals surface area contributed by atoms with E-state index in [1.165, 1.54) is 5.56 Å². The minimum atomic E-state index is 0.624. The van der Waals surface area contributed by atoms with Crippen molar-refractivity contribution in [2.45, 2.75) is 13.8 Å². The maximum absolute atomic E-state index is 5.87. The SMILES string of the molecule is CCOc1cc(N)cc(Nc2cc(C)cc(Br)c2)c1. The smallest absolute Gasteiger partial charge is 0.123 e. The first-order chi connectivity index (χ1) is 9.06. The average Bonchev–Trinajstić information content (AvgIpc) is 2.26. The van der Waals surface area contributed by atoms with Crippen LogP contribution in [0.5, 0.6) is 5.75 Å². The third kappa shape index (κ3) is 3.89. The molecule has 19 heavy (non-hydrogen) atoms. The first-order valence-corrected chi connectivity index (χ1v) is 6.93. The summed E-state index contributed by atoms with van der Waals surface area (Å²) in [5.74, 6) is 0.775. The van der Waals surface area contributed by atoms with Gasteiger partial charge in [-0.15, -0.1) is 0 Å². The number of hydrogen-bond donors (Lipinski definition) is 2. The molecule has 0 spiro atoms. The largest absolute Gasteiger partial charge is 0.494 e. The number of benzene rings is 2.